The van der Waals surface area contributed by atoms with Crippen molar-refractivity contribution in [1.82, 2.24) is 15.1 Å². The van der Waals surface area contributed by atoms with E-state index in [4.69, 9.17) is 4.74 Å². The number of piperidine rings is 1. The number of fused-ring (bicyclic) bond motifs is 2. The molecule has 4 nitrogen and oxygen atoms in total. The lowest BCUT2D eigenvalue weighted by Gasteiger charge is -2.36. The minimum atomic E-state index is 0.291. The maximum Gasteiger partial charge on any atom is 0.294 e. The topological polar surface area (TPSA) is 38.2 Å². The first kappa shape index (κ1) is 15.1. The molecule has 1 aromatic heterocycles. The van der Waals surface area contributed by atoms with Gasteiger partial charge in [-0.3, -0.25) is 0 Å². The zero-order valence-electron chi connectivity index (χ0n) is 13.5. The van der Waals surface area contributed by atoms with Gasteiger partial charge in [0.1, 0.15) is 6.10 Å². The van der Waals surface area contributed by atoms with Gasteiger partial charge in [-0.25, -0.2) is 0 Å². The highest BCUT2D eigenvalue weighted by atomic mass is 32.1. The number of ether oxygens (including phenoxy) is 1. The van der Waals surface area contributed by atoms with Crippen LogP contribution in [0.2, 0.25) is 0 Å². The molecule has 0 N–H and O–H groups in total. The molecule has 4 rings (SSSR count). The monoisotopic (exact) mass is 329 g/mol. The van der Waals surface area contributed by atoms with E-state index >= 15 is 0 Å². The summed E-state index contributed by atoms with van der Waals surface area (Å²) in [6, 6.07) is 10.2. The fraction of sp³-hybridized carbons (Fsp3) is 0.556. The highest BCUT2D eigenvalue weighted by molar-refractivity contribution is 7.16. The molecule has 2 saturated heterocycles. The van der Waals surface area contributed by atoms with Crippen molar-refractivity contribution in [2.24, 2.45) is 11.8 Å². The first-order valence-electron chi connectivity index (χ1n) is 8.56. The molecular weight excluding hydrogens is 306 g/mol. The average Bonchev–Trinajstić information content (AvgIpc) is 2.97. The fourth-order valence-corrected chi connectivity index (χ4v) is 4.71. The smallest absolute Gasteiger partial charge is 0.294 e. The standard InChI is InChI=1S/C18H23N3OS/c1-13-10-15-12-21(11-13)9-5-8-16(15)22-18-20-19-17(23-18)14-6-3-2-4-7-14/h2-4,6-7,13,15-16H,5,8-12H2,1H3. The summed E-state index contributed by atoms with van der Waals surface area (Å²) in [6.07, 6.45) is 3.91. The molecule has 0 amide bonds. The van der Waals surface area contributed by atoms with E-state index < -0.39 is 0 Å². The Hall–Kier alpha value is -1.46. The molecule has 3 heterocycles. The third-order valence-corrected chi connectivity index (χ3v) is 5.80. The van der Waals surface area contributed by atoms with Crippen molar-refractivity contribution in [3.05, 3.63) is 30.3 Å². The van der Waals surface area contributed by atoms with Crippen molar-refractivity contribution in [1.29, 1.82) is 0 Å². The van der Waals surface area contributed by atoms with Crippen molar-refractivity contribution < 1.29 is 4.74 Å². The highest BCUT2D eigenvalue weighted by Gasteiger charge is 2.34. The highest BCUT2D eigenvalue weighted by Crippen LogP contribution is 2.34. The SMILES string of the molecule is CC1CC2CN(CCCC2Oc2nnc(-c3ccccc3)s2)C1. The number of rotatable bonds is 3. The lowest BCUT2D eigenvalue weighted by atomic mass is 9.87. The molecule has 2 bridgehead atoms. The first-order valence-corrected chi connectivity index (χ1v) is 9.37. The molecule has 0 aliphatic carbocycles. The minimum Gasteiger partial charge on any atom is -0.465 e. The lowest BCUT2D eigenvalue weighted by molar-refractivity contribution is 0.0667. The Morgan fingerprint density at radius 2 is 2.04 bits per heavy atom. The quantitative estimate of drug-likeness (QED) is 0.860. The Kier molecular flexibility index (Phi) is 4.31. The summed E-state index contributed by atoms with van der Waals surface area (Å²) < 4.78 is 6.29. The van der Waals surface area contributed by atoms with Crippen molar-refractivity contribution >= 4 is 11.3 Å². The molecule has 5 heteroatoms. The van der Waals surface area contributed by atoms with E-state index in [1.54, 1.807) is 11.3 Å². The number of hydrogen-bond donors (Lipinski definition) is 0. The number of hydrogen-bond acceptors (Lipinski definition) is 5. The molecule has 0 spiro atoms. The minimum absolute atomic E-state index is 0.291. The zero-order chi connectivity index (χ0) is 15.6. The van der Waals surface area contributed by atoms with E-state index in [1.165, 1.54) is 32.5 Å². The third kappa shape index (κ3) is 3.40. The van der Waals surface area contributed by atoms with Crippen LogP contribution in [0.1, 0.15) is 26.2 Å². The van der Waals surface area contributed by atoms with Crippen LogP contribution in [0.25, 0.3) is 10.6 Å². The van der Waals surface area contributed by atoms with Crippen molar-refractivity contribution in [3.63, 3.8) is 0 Å². The van der Waals surface area contributed by atoms with Crippen molar-refractivity contribution in [3.8, 4) is 15.8 Å². The zero-order valence-corrected chi connectivity index (χ0v) is 14.3. The van der Waals surface area contributed by atoms with Crippen LogP contribution < -0.4 is 4.74 Å². The van der Waals surface area contributed by atoms with Gasteiger partial charge in [0.2, 0.25) is 0 Å². The second-order valence-corrected chi connectivity index (χ2v) is 7.84. The van der Waals surface area contributed by atoms with Crippen LogP contribution in [0, 0.1) is 11.8 Å². The molecular formula is C18H23N3OS. The lowest BCUT2D eigenvalue weighted by Crippen LogP contribution is -2.42. The second kappa shape index (κ2) is 6.57. The van der Waals surface area contributed by atoms with E-state index in [0.29, 0.717) is 12.0 Å². The van der Waals surface area contributed by atoms with E-state index in [9.17, 15) is 0 Å². The predicted molar refractivity (Wildman–Crippen MR) is 92.7 cm³/mol. The van der Waals surface area contributed by atoms with E-state index in [-0.39, 0.29) is 0 Å². The molecule has 1 aromatic carbocycles. The fourth-order valence-electron chi connectivity index (χ4n) is 3.96. The Balaban J connectivity index is 1.48. The summed E-state index contributed by atoms with van der Waals surface area (Å²) in [5.74, 6) is 1.40. The van der Waals surface area contributed by atoms with E-state index in [1.807, 2.05) is 18.2 Å². The van der Waals surface area contributed by atoms with Crippen molar-refractivity contribution in [2.75, 3.05) is 19.6 Å². The maximum absolute atomic E-state index is 6.29. The average molecular weight is 329 g/mol. The van der Waals surface area contributed by atoms with Crippen molar-refractivity contribution in [2.45, 2.75) is 32.3 Å². The molecule has 0 saturated carbocycles. The van der Waals surface area contributed by atoms with Crippen LogP contribution in [0.3, 0.4) is 0 Å². The largest absolute Gasteiger partial charge is 0.465 e. The number of benzene rings is 1. The first-order chi connectivity index (χ1) is 11.3. The van der Waals surface area contributed by atoms with Gasteiger partial charge in [-0.2, -0.15) is 0 Å². The van der Waals surface area contributed by atoms with Gasteiger partial charge in [0.05, 0.1) is 0 Å². The molecule has 2 aromatic rings. The van der Waals surface area contributed by atoms with Gasteiger partial charge >= 0.3 is 0 Å². The van der Waals surface area contributed by atoms with Gasteiger partial charge < -0.3 is 9.64 Å². The van der Waals surface area contributed by atoms with E-state index in [0.717, 1.165) is 28.1 Å². The summed E-state index contributed by atoms with van der Waals surface area (Å²) >= 11 is 1.56. The van der Waals surface area contributed by atoms with Gasteiger partial charge in [-0.05, 0) is 31.7 Å². The van der Waals surface area contributed by atoms with Crippen LogP contribution in [0.15, 0.2) is 30.3 Å². The van der Waals surface area contributed by atoms with Crippen LogP contribution in [0.4, 0.5) is 0 Å². The Labute approximate surface area is 141 Å². The molecule has 4 atom stereocenters. The number of aromatic nitrogens is 2. The second-order valence-electron chi connectivity index (χ2n) is 6.90. The van der Waals surface area contributed by atoms with Gasteiger partial charge in [-0.15, -0.1) is 5.10 Å². The van der Waals surface area contributed by atoms with Gasteiger partial charge in [0.25, 0.3) is 5.19 Å². The summed E-state index contributed by atoms with van der Waals surface area (Å²) in [5.41, 5.74) is 1.11. The maximum atomic E-state index is 6.29. The van der Waals surface area contributed by atoms with Crippen LogP contribution in [-0.2, 0) is 0 Å². The summed E-state index contributed by atoms with van der Waals surface area (Å²) in [6.45, 7) is 6.01. The predicted octanol–water partition coefficient (Wildman–Crippen LogP) is 3.70. The van der Waals surface area contributed by atoms with Crippen LogP contribution in [-0.4, -0.2) is 40.8 Å². The van der Waals surface area contributed by atoms with Gasteiger partial charge in [0, 0.05) is 24.6 Å². The molecule has 2 aliphatic rings. The number of nitrogens with zero attached hydrogens (tertiary/aromatic N) is 3. The summed E-state index contributed by atoms with van der Waals surface area (Å²) in [4.78, 5) is 2.61. The molecule has 122 valence electrons. The normalized spacial score (nSPS) is 30.7. The van der Waals surface area contributed by atoms with Gasteiger partial charge in [-0.1, -0.05) is 53.7 Å². The van der Waals surface area contributed by atoms with Crippen LogP contribution >= 0.6 is 11.3 Å². The molecule has 0 radical (unpaired) electrons. The molecule has 4 unspecified atom stereocenters. The van der Waals surface area contributed by atoms with Gasteiger partial charge in [0.15, 0.2) is 5.01 Å². The Morgan fingerprint density at radius 3 is 2.91 bits per heavy atom. The molecule has 23 heavy (non-hydrogen) atoms. The van der Waals surface area contributed by atoms with Crippen LogP contribution in [0.5, 0.6) is 5.19 Å². The van der Waals surface area contributed by atoms with E-state index in [2.05, 4.69) is 34.2 Å². The Morgan fingerprint density at radius 1 is 1.17 bits per heavy atom. The summed E-state index contributed by atoms with van der Waals surface area (Å²) in [7, 11) is 0. The Bertz CT molecular complexity index is 645. The molecule has 2 aliphatic heterocycles. The third-order valence-electron chi connectivity index (χ3n) is 4.94. The molecule has 2 fully saturated rings. The summed E-state index contributed by atoms with van der Waals surface area (Å²) in [5, 5.41) is 10.2.